The topological polar surface area (TPSA) is 42.9 Å². The second-order valence-corrected chi connectivity index (χ2v) is 3.43. The molecule has 1 aromatic carbocycles. The van der Waals surface area contributed by atoms with Gasteiger partial charge in [0.1, 0.15) is 17.8 Å². The number of hydrogen-bond acceptors (Lipinski definition) is 3. The number of halogens is 1. The molecule has 0 saturated heterocycles. The minimum absolute atomic E-state index is 0.233. The van der Waals surface area contributed by atoms with Crippen LogP contribution in [0.15, 0.2) is 24.5 Å². The molecule has 4 heteroatoms. The van der Waals surface area contributed by atoms with Gasteiger partial charge in [-0.3, -0.25) is 0 Å². The molecule has 0 aliphatic heterocycles. The third-order valence-electron chi connectivity index (χ3n) is 2.00. The number of rotatable bonds is 1. The zero-order valence-corrected chi connectivity index (χ0v) is 9.03. The lowest BCUT2D eigenvalue weighted by Crippen LogP contribution is -1.84. The minimum Gasteiger partial charge on any atom is -0.302 e. The van der Waals surface area contributed by atoms with Gasteiger partial charge >= 0.3 is 0 Å². The van der Waals surface area contributed by atoms with Gasteiger partial charge in [-0.25, -0.2) is 9.97 Å². The molecule has 0 aliphatic carbocycles. The number of carbonyl (C=O) groups is 1. The molecule has 16 heavy (non-hydrogen) atoms. The van der Waals surface area contributed by atoms with Crippen molar-refractivity contribution in [1.82, 2.24) is 9.97 Å². The van der Waals surface area contributed by atoms with Crippen LogP contribution in [-0.4, -0.2) is 16.3 Å². The molecule has 2 aromatic rings. The van der Waals surface area contributed by atoms with Crippen LogP contribution < -0.4 is 0 Å². The number of fused-ring (bicyclic) bond motifs is 1. The van der Waals surface area contributed by atoms with E-state index in [0.717, 1.165) is 22.8 Å². The molecule has 0 aliphatic rings. The molecular weight excluding hydrogens is 224 g/mol. The summed E-state index contributed by atoms with van der Waals surface area (Å²) in [5.74, 6) is 5.60. The van der Waals surface area contributed by atoms with Crippen LogP contribution in [0.25, 0.3) is 10.9 Å². The average molecular weight is 231 g/mol. The number of carbonyl (C=O) groups excluding carboxylic acids is 1. The highest BCUT2D eigenvalue weighted by Gasteiger charge is 2.00. The quantitative estimate of drug-likeness (QED) is 0.429. The summed E-state index contributed by atoms with van der Waals surface area (Å²) in [4.78, 5) is 18.1. The van der Waals surface area contributed by atoms with Crippen molar-refractivity contribution in [3.63, 3.8) is 0 Å². The third-order valence-corrected chi connectivity index (χ3v) is 2.31. The Bertz CT molecular complexity index is 599. The number of aldehydes is 1. The fourth-order valence-electron chi connectivity index (χ4n) is 1.30. The molecule has 1 aromatic heterocycles. The van der Waals surface area contributed by atoms with Gasteiger partial charge in [-0.05, 0) is 18.2 Å². The predicted octanol–water partition coefficient (Wildman–Crippen LogP) is 2.22. The number of benzene rings is 1. The van der Waals surface area contributed by atoms with Crippen molar-refractivity contribution in [1.29, 1.82) is 0 Å². The van der Waals surface area contributed by atoms with Gasteiger partial charge in [-0.15, -0.1) is 0 Å². The highest BCUT2D eigenvalue weighted by Crippen LogP contribution is 2.19. The monoisotopic (exact) mass is 230 g/mol. The lowest BCUT2D eigenvalue weighted by Gasteiger charge is -1.98. The molecule has 0 amide bonds. The maximum Gasteiger partial charge on any atom is 0.140 e. The first-order valence-electron chi connectivity index (χ1n) is 4.64. The van der Waals surface area contributed by atoms with Crippen molar-refractivity contribution in [2.45, 2.75) is 6.42 Å². The molecule has 0 spiro atoms. The zero-order valence-electron chi connectivity index (χ0n) is 8.27. The summed E-state index contributed by atoms with van der Waals surface area (Å²) in [6.07, 6.45) is 2.42. The SMILES string of the molecule is O=CCC#Cc1ccc2ncnc(Cl)c2c1. The van der Waals surface area contributed by atoms with Crippen LogP contribution in [0.2, 0.25) is 5.15 Å². The molecular formula is C12H7ClN2O. The number of hydrogen-bond donors (Lipinski definition) is 0. The summed E-state index contributed by atoms with van der Waals surface area (Å²) in [6, 6.07) is 5.48. The minimum atomic E-state index is 0.233. The van der Waals surface area contributed by atoms with Gasteiger partial charge in [0.2, 0.25) is 0 Å². The number of aromatic nitrogens is 2. The van der Waals surface area contributed by atoms with Crippen LogP contribution in [0.1, 0.15) is 12.0 Å². The van der Waals surface area contributed by atoms with Crippen LogP contribution in [0.3, 0.4) is 0 Å². The average Bonchev–Trinajstić information content (AvgIpc) is 2.30. The van der Waals surface area contributed by atoms with Crippen molar-refractivity contribution < 1.29 is 4.79 Å². The summed E-state index contributed by atoms with van der Waals surface area (Å²) in [5, 5.41) is 1.17. The summed E-state index contributed by atoms with van der Waals surface area (Å²) in [6.45, 7) is 0. The van der Waals surface area contributed by atoms with E-state index in [9.17, 15) is 4.79 Å². The first-order valence-corrected chi connectivity index (χ1v) is 5.02. The molecule has 0 N–H and O–H groups in total. The van der Waals surface area contributed by atoms with E-state index in [1.54, 1.807) is 0 Å². The van der Waals surface area contributed by atoms with E-state index < -0.39 is 0 Å². The smallest absolute Gasteiger partial charge is 0.140 e. The van der Waals surface area contributed by atoms with Crippen LogP contribution in [0, 0.1) is 11.8 Å². The molecule has 1 heterocycles. The molecule has 2 rings (SSSR count). The molecule has 0 atom stereocenters. The Morgan fingerprint density at radius 2 is 2.25 bits per heavy atom. The molecule has 78 valence electrons. The Hall–Kier alpha value is -1.92. The van der Waals surface area contributed by atoms with E-state index in [-0.39, 0.29) is 6.42 Å². The van der Waals surface area contributed by atoms with Gasteiger partial charge in [0.05, 0.1) is 11.9 Å². The standard InChI is InChI=1S/C12H7ClN2O/c13-12-10-7-9(3-1-2-6-16)4-5-11(10)14-8-15-12/h4-8H,2H2. The molecule has 3 nitrogen and oxygen atoms in total. The Kier molecular flexibility index (Phi) is 3.13. The summed E-state index contributed by atoms with van der Waals surface area (Å²) in [7, 11) is 0. The van der Waals surface area contributed by atoms with E-state index >= 15 is 0 Å². The van der Waals surface area contributed by atoms with Crippen LogP contribution in [-0.2, 0) is 4.79 Å². The van der Waals surface area contributed by atoms with Crippen LogP contribution in [0.4, 0.5) is 0 Å². The normalized spacial score (nSPS) is 9.56. The summed E-state index contributed by atoms with van der Waals surface area (Å²) >= 11 is 5.93. The van der Waals surface area contributed by atoms with Crippen LogP contribution >= 0.6 is 11.6 Å². The Morgan fingerprint density at radius 3 is 3.06 bits per heavy atom. The molecule has 0 saturated carbocycles. The molecule has 0 unspecified atom stereocenters. The lowest BCUT2D eigenvalue weighted by molar-refractivity contribution is -0.107. The second kappa shape index (κ2) is 4.73. The van der Waals surface area contributed by atoms with E-state index in [1.807, 2.05) is 18.2 Å². The van der Waals surface area contributed by atoms with E-state index in [2.05, 4.69) is 21.8 Å². The zero-order chi connectivity index (χ0) is 11.4. The largest absolute Gasteiger partial charge is 0.302 e. The fraction of sp³-hybridized carbons (Fsp3) is 0.0833. The third kappa shape index (κ3) is 2.18. The van der Waals surface area contributed by atoms with Crippen molar-refractivity contribution >= 4 is 28.8 Å². The highest BCUT2D eigenvalue weighted by molar-refractivity contribution is 6.34. The van der Waals surface area contributed by atoms with E-state index in [4.69, 9.17) is 11.6 Å². The van der Waals surface area contributed by atoms with Gasteiger partial charge < -0.3 is 4.79 Å². The second-order valence-electron chi connectivity index (χ2n) is 3.07. The Balaban J connectivity index is 2.48. The van der Waals surface area contributed by atoms with Crippen molar-refractivity contribution in [3.05, 3.63) is 35.2 Å². The van der Waals surface area contributed by atoms with Crippen molar-refractivity contribution in [2.75, 3.05) is 0 Å². The first-order chi connectivity index (χ1) is 7.81. The maximum atomic E-state index is 10.1. The van der Waals surface area contributed by atoms with Crippen molar-refractivity contribution in [3.8, 4) is 11.8 Å². The fourth-order valence-corrected chi connectivity index (χ4v) is 1.49. The van der Waals surface area contributed by atoms with Crippen LogP contribution in [0.5, 0.6) is 0 Å². The highest BCUT2D eigenvalue weighted by atomic mass is 35.5. The summed E-state index contributed by atoms with van der Waals surface area (Å²) < 4.78 is 0. The first kappa shape index (κ1) is 10.6. The Labute approximate surface area is 97.5 Å². The number of nitrogens with zero attached hydrogens (tertiary/aromatic N) is 2. The lowest BCUT2D eigenvalue weighted by atomic mass is 10.1. The predicted molar refractivity (Wildman–Crippen MR) is 62.1 cm³/mol. The van der Waals surface area contributed by atoms with E-state index in [1.165, 1.54) is 6.33 Å². The maximum absolute atomic E-state index is 10.1. The van der Waals surface area contributed by atoms with Gasteiger partial charge in [0.25, 0.3) is 0 Å². The van der Waals surface area contributed by atoms with Gasteiger partial charge in [-0.1, -0.05) is 23.4 Å². The van der Waals surface area contributed by atoms with E-state index in [0.29, 0.717) is 5.15 Å². The molecule has 0 radical (unpaired) electrons. The molecule has 0 fully saturated rings. The molecule has 0 bridgehead atoms. The van der Waals surface area contributed by atoms with Crippen molar-refractivity contribution in [2.24, 2.45) is 0 Å². The van der Waals surface area contributed by atoms with Gasteiger partial charge in [0.15, 0.2) is 0 Å². The van der Waals surface area contributed by atoms with Gasteiger partial charge in [-0.2, -0.15) is 0 Å². The van der Waals surface area contributed by atoms with Gasteiger partial charge in [0, 0.05) is 10.9 Å². The summed E-state index contributed by atoms with van der Waals surface area (Å²) in [5.41, 5.74) is 1.58. The Morgan fingerprint density at radius 1 is 1.38 bits per heavy atom.